The zero-order chi connectivity index (χ0) is 18.9. The number of benzene rings is 1. The predicted octanol–water partition coefficient (Wildman–Crippen LogP) is 4.10. The molecule has 0 aliphatic carbocycles. The molecule has 0 fully saturated rings. The van der Waals surface area contributed by atoms with E-state index in [1.807, 2.05) is 0 Å². The molecule has 7 heteroatoms. The van der Waals surface area contributed by atoms with Crippen LogP contribution >= 0.6 is 0 Å². The van der Waals surface area contributed by atoms with E-state index in [0.717, 1.165) is 30.8 Å². The Balaban J connectivity index is 2.17. The topological polar surface area (TPSA) is 66.8 Å². The fourth-order valence-corrected chi connectivity index (χ4v) is 4.33. The molecule has 0 atom stereocenters. The first-order valence-corrected chi connectivity index (χ1v) is 13.4. The van der Waals surface area contributed by atoms with Crippen molar-refractivity contribution < 1.29 is 17.4 Å². The van der Waals surface area contributed by atoms with Gasteiger partial charge in [0.1, 0.15) is 5.75 Å². The third-order valence-electron chi connectivity index (χ3n) is 5.28. The largest absolute Gasteiger partial charge is 0.543 e. The maximum atomic E-state index is 10.9. The summed E-state index contributed by atoms with van der Waals surface area (Å²) in [5.74, 6) is 0.700. The standard InChI is InChI=1S/C18H31NO4SSi/c1-18(2,3)25(4,5)23-16-10-9-15-8-6-11-19(17(15)14-16)12-7-13-24(20,21)22/h9-10,14H,6-8,11-13H2,1-5H3,(H,20,21,22). The normalized spacial score (nSPS) is 15.8. The van der Waals surface area contributed by atoms with E-state index in [1.54, 1.807) is 0 Å². The van der Waals surface area contributed by atoms with E-state index in [9.17, 15) is 8.42 Å². The second-order valence-corrected chi connectivity index (χ2v) is 14.7. The van der Waals surface area contributed by atoms with Crippen molar-refractivity contribution in [2.24, 2.45) is 0 Å². The first-order chi connectivity index (χ1) is 11.4. The quantitative estimate of drug-likeness (QED) is 0.590. The van der Waals surface area contributed by atoms with Gasteiger partial charge in [0.2, 0.25) is 8.32 Å². The van der Waals surface area contributed by atoms with E-state index in [4.69, 9.17) is 8.98 Å². The molecule has 1 aliphatic rings. The van der Waals surface area contributed by atoms with Crippen LogP contribution in [0.3, 0.4) is 0 Å². The van der Waals surface area contributed by atoms with Gasteiger partial charge in [-0.3, -0.25) is 4.55 Å². The highest BCUT2D eigenvalue weighted by molar-refractivity contribution is 7.85. The Bertz CT molecular complexity index is 710. The zero-order valence-electron chi connectivity index (χ0n) is 16.0. The monoisotopic (exact) mass is 385 g/mol. The number of hydrogen-bond acceptors (Lipinski definition) is 4. The van der Waals surface area contributed by atoms with Gasteiger partial charge in [-0.2, -0.15) is 8.42 Å². The minimum atomic E-state index is -3.90. The molecular formula is C18H31NO4SSi. The summed E-state index contributed by atoms with van der Waals surface area (Å²) in [5.41, 5.74) is 2.42. The first kappa shape index (κ1) is 20.3. The van der Waals surface area contributed by atoms with Crippen LogP contribution in [-0.4, -0.2) is 40.1 Å². The number of nitrogens with zero attached hydrogens (tertiary/aromatic N) is 1. The van der Waals surface area contributed by atoms with E-state index >= 15 is 0 Å². The second-order valence-electron chi connectivity index (χ2n) is 8.38. The average molecular weight is 386 g/mol. The van der Waals surface area contributed by atoms with Crippen molar-refractivity contribution in [2.45, 2.75) is 58.2 Å². The highest BCUT2D eigenvalue weighted by atomic mass is 32.2. The van der Waals surface area contributed by atoms with Gasteiger partial charge in [-0.25, -0.2) is 0 Å². The molecule has 2 rings (SSSR count). The van der Waals surface area contributed by atoms with E-state index in [0.29, 0.717) is 13.0 Å². The summed E-state index contributed by atoms with van der Waals surface area (Å²) >= 11 is 0. The number of fused-ring (bicyclic) bond motifs is 1. The number of aryl methyl sites for hydroxylation is 1. The summed E-state index contributed by atoms with van der Waals surface area (Å²) in [6, 6.07) is 6.29. The molecule has 1 heterocycles. The van der Waals surface area contributed by atoms with E-state index in [2.05, 4.69) is 57.0 Å². The van der Waals surface area contributed by atoms with Crippen molar-refractivity contribution >= 4 is 24.1 Å². The maximum absolute atomic E-state index is 10.9. The van der Waals surface area contributed by atoms with Crippen LogP contribution in [0.4, 0.5) is 5.69 Å². The first-order valence-electron chi connectivity index (χ1n) is 8.91. The molecule has 0 spiro atoms. The third kappa shape index (κ3) is 5.46. The molecule has 0 radical (unpaired) electrons. The summed E-state index contributed by atoms with van der Waals surface area (Å²) in [4.78, 5) is 2.21. The number of rotatable bonds is 6. The average Bonchev–Trinajstić information content (AvgIpc) is 2.45. The van der Waals surface area contributed by atoms with E-state index in [1.165, 1.54) is 5.56 Å². The van der Waals surface area contributed by atoms with Crippen LogP contribution in [-0.2, 0) is 16.5 Å². The fourth-order valence-electron chi connectivity index (χ4n) is 2.81. The lowest BCUT2D eigenvalue weighted by Gasteiger charge is -2.37. The molecule has 0 aromatic heterocycles. The highest BCUT2D eigenvalue weighted by Gasteiger charge is 2.39. The van der Waals surface area contributed by atoms with Crippen molar-refractivity contribution in [1.29, 1.82) is 0 Å². The van der Waals surface area contributed by atoms with Gasteiger partial charge in [-0.1, -0.05) is 26.8 Å². The summed E-state index contributed by atoms with van der Waals surface area (Å²) in [6.07, 6.45) is 2.51. The van der Waals surface area contributed by atoms with Crippen molar-refractivity contribution in [3.8, 4) is 5.75 Å². The summed E-state index contributed by atoms with van der Waals surface area (Å²) in [7, 11) is -5.79. The molecule has 5 nitrogen and oxygen atoms in total. The Labute approximate surface area is 153 Å². The Hall–Kier alpha value is -1.05. The maximum Gasteiger partial charge on any atom is 0.264 e. The molecule has 25 heavy (non-hydrogen) atoms. The third-order valence-corrected chi connectivity index (χ3v) is 10.4. The lowest BCUT2D eigenvalue weighted by atomic mass is 10.0. The van der Waals surface area contributed by atoms with Crippen molar-refractivity contribution in [3.63, 3.8) is 0 Å². The van der Waals surface area contributed by atoms with Crippen LogP contribution in [0.25, 0.3) is 0 Å². The van der Waals surface area contributed by atoms with Gasteiger partial charge in [0.15, 0.2) is 0 Å². The van der Waals surface area contributed by atoms with Gasteiger partial charge in [-0.05, 0) is 49.0 Å². The molecular weight excluding hydrogens is 354 g/mol. The van der Waals surface area contributed by atoms with Crippen LogP contribution in [0.2, 0.25) is 18.1 Å². The lowest BCUT2D eigenvalue weighted by molar-refractivity contribution is 0.480. The Kier molecular flexibility index (Phi) is 5.91. The smallest absolute Gasteiger partial charge is 0.264 e. The molecule has 142 valence electrons. The van der Waals surface area contributed by atoms with Gasteiger partial charge in [0.25, 0.3) is 10.1 Å². The molecule has 0 saturated heterocycles. The van der Waals surface area contributed by atoms with Crippen molar-refractivity contribution in [2.75, 3.05) is 23.7 Å². The molecule has 1 aromatic carbocycles. The van der Waals surface area contributed by atoms with Crippen LogP contribution in [0.15, 0.2) is 18.2 Å². The summed E-state index contributed by atoms with van der Waals surface area (Å²) < 4.78 is 37.2. The molecule has 0 saturated carbocycles. The fraction of sp³-hybridized carbons (Fsp3) is 0.667. The van der Waals surface area contributed by atoms with Gasteiger partial charge in [0, 0.05) is 24.8 Å². The van der Waals surface area contributed by atoms with Gasteiger partial charge in [-0.15, -0.1) is 0 Å². The van der Waals surface area contributed by atoms with E-state index in [-0.39, 0.29) is 10.8 Å². The molecule has 0 unspecified atom stereocenters. The summed E-state index contributed by atoms with van der Waals surface area (Å²) in [5, 5.41) is 0.137. The van der Waals surface area contributed by atoms with Crippen molar-refractivity contribution in [3.05, 3.63) is 23.8 Å². The van der Waals surface area contributed by atoms with Gasteiger partial charge >= 0.3 is 0 Å². The zero-order valence-corrected chi connectivity index (χ0v) is 17.8. The van der Waals surface area contributed by atoms with E-state index < -0.39 is 18.4 Å². The SMILES string of the molecule is CC(C)(C)[Si](C)(C)Oc1ccc2c(c1)N(CCCS(=O)(=O)O)CCC2. The Morgan fingerprint density at radius 1 is 1.28 bits per heavy atom. The summed E-state index contributed by atoms with van der Waals surface area (Å²) in [6.45, 7) is 12.7. The Morgan fingerprint density at radius 3 is 2.56 bits per heavy atom. The highest BCUT2D eigenvalue weighted by Crippen LogP contribution is 2.39. The van der Waals surface area contributed by atoms with Crippen LogP contribution in [0, 0.1) is 0 Å². The van der Waals surface area contributed by atoms with Crippen LogP contribution < -0.4 is 9.33 Å². The molecule has 0 amide bonds. The van der Waals surface area contributed by atoms with Crippen LogP contribution in [0.1, 0.15) is 39.2 Å². The minimum absolute atomic E-state index is 0.137. The number of hydrogen-bond donors (Lipinski definition) is 1. The molecule has 1 aliphatic heterocycles. The minimum Gasteiger partial charge on any atom is -0.543 e. The van der Waals surface area contributed by atoms with Crippen LogP contribution in [0.5, 0.6) is 5.75 Å². The molecule has 1 N–H and O–H groups in total. The van der Waals surface area contributed by atoms with Gasteiger partial charge in [0.05, 0.1) is 5.75 Å². The van der Waals surface area contributed by atoms with Crippen molar-refractivity contribution in [1.82, 2.24) is 0 Å². The Morgan fingerprint density at radius 2 is 1.96 bits per heavy atom. The molecule has 0 bridgehead atoms. The molecule has 1 aromatic rings. The number of anilines is 1. The predicted molar refractivity (Wildman–Crippen MR) is 106 cm³/mol. The van der Waals surface area contributed by atoms with Gasteiger partial charge < -0.3 is 9.33 Å². The second kappa shape index (κ2) is 7.29. The lowest BCUT2D eigenvalue weighted by Crippen LogP contribution is -2.44.